The van der Waals surface area contributed by atoms with E-state index < -0.39 is 11.9 Å². The third kappa shape index (κ3) is 4.09. The fraction of sp³-hybridized carbons (Fsp3) is 0.273. The van der Waals surface area contributed by atoms with Crippen LogP contribution in [0.1, 0.15) is 17.7 Å². The van der Waals surface area contributed by atoms with Gasteiger partial charge in [-0.1, -0.05) is 6.07 Å². The van der Waals surface area contributed by atoms with E-state index >= 15 is 0 Å². The van der Waals surface area contributed by atoms with Crippen molar-refractivity contribution >= 4 is 35.0 Å². The number of aryl methyl sites for hydroxylation is 1. The Hall–Kier alpha value is -3.13. The fourth-order valence-electron chi connectivity index (χ4n) is 3.47. The number of rotatable bonds is 5. The lowest BCUT2D eigenvalue weighted by atomic mass is 10.1. The van der Waals surface area contributed by atoms with Crippen LogP contribution in [0.5, 0.6) is 0 Å². The molecule has 1 fully saturated rings. The van der Waals surface area contributed by atoms with Gasteiger partial charge in [-0.05, 0) is 49.1 Å². The topological polar surface area (TPSA) is 81.0 Å². The smallest absolute Gasteiger partial charge is 0.311 e. The van der Waals surface area contributed by atoms with Crippen LogP contribution in [0.15, 0.2) is 58.4 Å². The number of ether oxygens (including phenoxy) is 1. The average molecular weight is 423 g/mol. The van der Waals surface area contributed by atoms with Gasteiger partial charge in [0, 0.05) is 35.8 Å². The molecule has 0 saturated carbocycles. The molecule has 0 aliphatic carbocycles. The summed E-state index contributed by atoms with van der Waals surface area (Å²) < 4.78 is 6.83. The summed E-state index contributed by atoms with van der Waals surface area (Å²) in [5, 5.41) is 0. The van der Waals surface area contributed by atoms with Crippen molar-refractivity contribution in [1.29, 1.82) is 0 Å². The van der Waals surface area contributed by atoms with Crippen molar-refractivity contribution < 1.29 is 14.3 Å². The number of benzene rings is 1. The zero-order chi connectivity index (χ0) is 21.3. The van der Waals surface area contributed by atoms with Crippen LogP contribution >= 0.6 is 11.8 Å². The first-order chi connectivity index (χ1) is 14.4. The minimum atomic E-state index is -0.540. The van der Waals surface area contributed by atoms with Gasteiger partial charge in [-0.2, -0.15) is 0 Å². The van der Waals surface area contributed by atoms with E-state index in [2.05, 4.69) is 4.98 Å². The molecule has 7 nitrogen and oxygen atoms in total. The Morgan fingerprint density at radius 3 is 2.70 bits per heavy atom. The number of anilines is 1. The summed E-state index contributed by atoms with van der Waals surface area (Å²) in [4.78, 5) is 44.3. The van der Waals surface area contributed by atoms with Crippen molar-refractivity contribution in [1.82, 2.24) is 9.38 Å². The highest BCUT2D eigenvalue weighted by atomic mass is 32.2. The maximum absolute atomic E-state index is 12.5. The first-order valence-electron chi connectivity index (χ1n) is 9.54. The average Bonchev–Trinajstić information content (AvgIpc) is 3.14. The highest BCUT2D eigenvalue weighted by molar-refractivity contribution is 7.98. The van der Waals surface area contributed by atoms with Gasteiger partial charge in [0.15, 0.2) is 0 Å². The number of hydrogen-bond donors (Lipinski definition) is 0. The van der Waals surface area contributed by atoms with Gasteiger partial charge in [-0.25, -0.2) is 4.98 Å². The number of pyridine rings is 1. The number of esters is 1. The third-order valence-corrected chi connectivity index (χ3v) is 5.81. The molecule has 154 valence electrons. The summed E-state index contributed by atoms with van der Waals surface area (Å²) in [6, 6.07) is 12.6. The molecule has 1 unspecified atom stereocenters. The first kappa shape index (κ1) is 20.2. The summed E-state index contributed by atoms with van der Waals surface area (Å²) in [7, 11) is 0. The quantitative estimate of drug-likeness (QED) is 0.464. The monoisotopic (exact) mass is 423 g/mol. The number of amides is 1. The molecule has 3 aromatic rings. The van der Waals surface area contributed by atoms with Gasteiger partial charge < -0.3 is 9.64 Å². The van der Waals surface area contributed by atoms with E-state index in [9.17, 15) is 14.4 Å². The van der Waals surface area contributed by atoms with Crippen LogP contribution in [0, 0.1) is 12.8 Å². The van der Waals surface area contributed by atoms with Crippen molar-refractivity contribution in [3.8, 4) is 0 Å². The van der Waals surface area contributed by atoms with E-state index in [0.717, 1.165) is 16.1 Å². The van der Waals surface area contributed by atoms with Gasteiger partial charge in [0.25, 0.3) is 5.56 Å². The van der Waals surface area contributed by atoms with E-state index in [1.165, 1.54) is 10.5 Å². The van der Waals surface area contributed by atoms with Crippen molar-refractivity contribution in [2.24, 2.45) is 5.92 Å². The molecular weight excluding hydrogens is 402 g/mol. The number of thioether (sulfide) groups is 1. The molecule has 1 aliphatic heterocycles. The largest absolute Gasteiger partial charge is 0.459 e. The number of hydrogen-bond acceptors (Lipinski definition) is 6. The molecule has 0 spiro atoms. The summed E-state index contributed by atoms with van der Waals surface area (Å²) in [5.74, 6) is -1.11. The molecule has 2 aromatic heterocycles. The van der Waals surface area contributed by atoms with Gasteiger partial charge in [0.1, 0.15) is 12.3 Å². The molecule has 1 amide bonds. The number of carbonyl (C=O) groups excluding carboxylic acids is 2. The summed E-state index contributed by atoms with van der Waals surface area (Å²) in [5.41, 5.74) is 2.36. The molecule has 3 heterocycles. The molecule has 1 aromatic carbocycles. The van der Waals surface area contributed by atoms with Gasteiger partial charge in [0.05, 0.1) is 11.6 Å². The molecule has 1 aliphatic rings. The predicted molar refractivity (Wildman–Crippen MR) is 115 cm³/mol. The Labute approximate surface area is 177 Å². The highest BCUT2D eigenvalue weighted by Crippen LogP contribution is 2.27. The Morgan fingerprint density at radius 1 is 1.20 bits per heavy atom. The van der Waals surface area contributed by atoms with Crippen molar-refractivity contribution in [3.63, 3.8) is 0 Å². The molecule has 1 atom stereocenters. The van der Waals surface area contributed by atoms with Crippen LogP contribution in [0.2, 0.25) is 0 Å². The Balaban J connectivity index is 1.42. The SMILES string of the molecule is CSc1ccc(N2CC(C(=O)OCc3cc(=O)n4cc(C)ccc4n3)CC2=O)cc1. The lowest BCUT2D eigenvalue weighted by Crippen LogP contribution is -2.26. The number of fused-ring (bicyclic) bond motifs is 1. The number of carbonyl (C=O) groups is 2. The van der Waals surface area contributed by atoms with Crippen LogP contribution in [0.4, 0.5) is 5.69 Å². The zero-order valence-electron chi connectivity index (χ0n) is 16.7. The second-order valence-corrected chi connectivity index (χ2v) is 8.11. The van der Waals surface area contributed by atoms with Crippen molar-refractivity contribution in [3.05, 3.63) is 70.3 Å². The standard InChI is InChI=1S/C22H21N3O4S/c1-14-3-8-19-23-16(10-21(27)25(19)11-14)13-29-22(28)15-9-20(26)24(12-15)17-4-6-18(30-2)7-5-17/h3-8,10-11,15H,9,12-13H2,1-2H3. The predicted octanol–water partition coefficient (Wildman–Crippen LogP) is 2.82. The van der Waals surface area contributed by atoms with Crippen LogP contribution in [-0.4, -0.2) is 34.1 Å². The number of nitrogens with zero attached hydrogens (tertiary/aromatic N) is 3. The normalized spacial score (nSPS) is 16.3. The second kappa shape index (κ2) is 8.31. The van der Waals surface area contributed by atoms with Gasteiger partial charge in [-0.3, -0.25) is 18.8 Å². The van der Waals surface area contributed by atoms with Crippen molar-refractivity contribution in [2.75, 3.05) is 17.7 Å². The maximum atomic E-state index is 12.5. The molecule has 0 radical (unpaired) electrons. The van der Waals surface area contributed by atoms with Crippen molar-refractivity contribution in [2.45, 2.75) is 24.8 Å². The molecule has 8 heteroatoms. The highest BCUT2D eigenvalue weighted by Gasteiger charge is 2.36. The fourth-order valence-corrected chi connectivity index (χ4v) is 3.88. The summed E-state index contributed by atoms with van der Waals surface area (Å²) in [6.07, 6.45) is 3.81. The minimum absolute atomic E-state index is 0.105. The van der Waals surface area contributed by atoms with E-state index in [4.69, 9.17) is 4.74 Å². The van der Waals surface area contributed by atoms with Crippen LogP contribution in [0.3, 0.4) is 0 Å². The molecule has 1 saturated heterocycles. The lowest BCUT2D eigenvalue weighted by Gasteiger charge is -2.16. The van der Waals surface area contributed by atoms with Crippen LogP contribution < -0.4 is 10.5 Å². The molecule has 4 rings (SSSR count). The van der Waals surface area contributed by atoms with Gasteiger partial charge in [0.2, 0.25) is 5.91 Å². The maximum Gasteiger partial charge on any atom is 0.311 e. The number of aromatic nitrogens is 2. The summed E-state index contributed by atoms with van der Waals surface area (Å²) >= 11 is 1.63. The molecule has 0 N–H and O–H groups in total. The second-order valence-electron chi connectivity index (χ2n) is 7.23. The first-order valence-corrected chi connectivity index (χ1v) is 10.8. The Kier molecular flexibility index (Phi) is 5.59. The van der Waals surface area contributed by atoms with Gasteiger partial charge in [-0.15, -0.1) is 11.8 Å². The summed E-state index contributed by atoms with van der Waals surface area (Å²) in [6.45, 7) is 2.07. The van der Waals surface area contributed by atoms with E-state index in [-0.39, 0.29) is 31.0 Å². The van der Waals surface area contributed by atoms with E-state index in [1.807, 2.05) is 43.5 Å². The van der Waals surface area contributed by atoms with Crippen LogP contribution in [-0.2, 0) is 20.9 Å². The Morgan fingerprint density at radius 2 is 1.97 bits per heavy atom. The van der Waals surface area contributed by atoms with E-state index in [1.54, 1.807) is 28.9 Å². The minimum Gasteiger partial charge on any atom is -0.459 e. The van der Waals surface area contributed by atoms with Gasteiger partial charge >= 0.3 is 5.97 Å². The molecular formula is C22H21N3O4S. The lowest BCUT2D eigenvalue weighted by molar-refractivity contribution is -0.149. The Bertz CT molecular complexity index is 1170. The third-order valence-electron chi connectivity index (χ3n) is 5.07. The van der Waals surface area contributed by atoms with E-state index in [0.29, 0.717) is 11.3 Å². The van der Waals surface area contributed by atoms with Crippen LogP contribution in [0.25, 0.3) is 5.65 Å². The molecule has 0 bridgehead atoms. The zero-order valence-corrected chi connectivity index (χ0v) is 17.5. The molecule has 30 heavy (non-hydrogen) atoms.